The number of ether oxygens (including phenoxy) is 1. The lowest BCUT2D eigenvalue weighted by atomic mass is 10.00. The number of para-hydroxylation sites is 2. The van der Waals surface area contributed by atoms with Crippen LogP contribution in [0.5, 0.6) is 11.5 Å². The van der Waals surface area contributed by atoms with Crippen LogP contribution in [0.25, 0.3) is 0 Å². The van der Waals surface area contributed by atoms with Gasteiger partial charge < -0.3 is 10.1 Å². The molecular weight excluding hydrogens is 368 g/mol. The highest BCUT2D eigenvalue weighted by Crippen LogP contribution is 2.38. The average molecular weight is 388 g/mol. The fraction of sp³-hybridized carbons (Fsp3) is 0.130. The Kier molecular flexibility index (Phi) is 5.27. The van der Waals surface area contributed by atoms with Crippen molar-refractivity contribution in [3.8, 4) is 11.5 Å². The molecule has 3 N–H and O–H groups in total. The van der Waals surface area contributed by atoms with E-state index in [1.165, 1.54) is 0 Å². The second kappa shape index (κ2) is 8.16. The summed E-state index contributed by atoms with van der Waals surface area (Å²) in [6.45, 7) is 0. The number of hydrogen-bond donors (Lipinski definition) is 3. The van der Waals surface area contributed by atoms with E-state index in [2.05, 4.69) is 5.32 Å². The molecule has 0 aromatic heterocycles. The van der Waals surface area contributed by atoms with Crippen LogP contribution < -0.4 is 15.5 Å². The van der Waals surface area contributed by atoms with Gasteiger partial charge in [0.2, 0.25) is 5.91 Å². The third-order valence-corrected chi connectivity index (χ3v) is 4.89. The first kappa shape index (κ1) is 18.7. The summed E-state index contributed by atoms with van der Waals surface area (Å²) in [6.07, 6.45) is 1.40. The van der Waals surface area contributed by atoms with Crippen molar-refractivity contribution in [2.24, 2.45) is 0 Å². The van der Waals surface area contributed by atoms with Crippen LogP contribution in [0.1, 0.15) is 33.5 Å². The molecular formula is C23H20N2O4. The lowest BCUT2D eigenvalue weighted by Gasteiger charge is -2.13. The van der Waals surface area contributed by atoms with E-state index in [0.29, 0.717) is 35.6 Å². The van der Waals surface area contributed by atoms with Crippen LogP contribution >= 0.6 is 0 Å². The van der Waals surface area contributed by atoms with E-state index in [4.69, 9.17) is 9.94 Å². The number of hydroxylamine groups is 1. The van der Waals surface area contributed by atoms with Gasteiger partial charge >= 0.3 is 0 Å². The molecule has 0 saturated carbocycles. The predicted molar refractivity (Wildman–Crippen MR) is 108 cm³/mol. The number of carbonyl (C=O) groups excluding carboxylic acids is 2. The summed E-state index contributed by atoms with van der Waals surface area (Å²) in [4.78, 5) is 23.8. The molecule has 3 aromatic rings. The van der Waals surface area contributed by atoms with Crippen molar-refractivity contribution in [2.75, 3.05) is 5.32 Å². The van der Waals surface area contributed by atoms with Crippen LogP contribution in [0.2, 0.25) is 0 Å². The molecule has 1 heterocycles. The molecule has 4 rings (SSSR count). The van der Waals surface area contributed by atoms with E-state index in [-0.39, 0.29) is 12.3 Å². The highest BCUT2D eigenvalue weighted by molar-refractivity contribution is 6.08. The van der Waals surface area contributed by atoms with Crippen LogP contribution in [-0.2, 0) is 17.6 Å². The van der Waals surface area contributed by atoms with Gasteiger partial charge in [0.05, 0.1) is 11.3 Å². The van der Waals surface area contributed by atoms with Gasteiger partial charge in [-0.05, 0) is 47.7 Å². The lowest BCUT2D eigenvalue weighted by molar-refractivity contribution is -0.129. The van der Waals surface area contributed by atoms with Crippen molar-refractivity contribution in [2.45, 2.75) is 19.3 Å². The zero-order chi connectivity index (χ0) is 20.2. The standard InChI is InChI=1S/C23H20N2O4/c26-21(25-28)13-12-15-8-10-16(11-9-15)14-17-4-3-7-20-22(17)24-23(27)18-5-1-2-6-19(18)29-20/h1-11,28H,12-14H2,(H,24,27)(H,25,26). The van der Waals surface area contributed by atoms with E-state index in [9.17, 15) is 9.59 Å². The smallest absolute Gasteiger partial charge is 0.259 e. The van der Waals surface area contributed by atoms with Gasteiger partial charge in [-0.15, -0.1) is 0 Å². The van der Waals surface area contributed by atoms with Gasteiger partial charge in [0.15, 0.2) is 5.75 Å². The normalized spacial score (nSPS) is 12.1. The van der Waals surface area contributed by atoms with Crippen molar-refractivity contribution in [3.63, 3.8) is 0 Å². The fourth-order valence-electron chi connectivity index (χ4n) is 3.35. The van der Waals surface area contributed by atoms with Gasteiger partial charge in [-0.1, -0.05) is 48.5 Å². The Balaban J connectivity index is 1.55. The summed E-state index contributed by atoms with van der Waals surface area (Å²) in [7, 11) is 0. The molecule has 3 aromatic carbocycles. The Bertz CT molecular complexity index is 1060. The first-order valence-electron chi connectivity index (χ1n) is 9.35. The number of nitrogens with one attached hydrogen (secondary N) is 2. The maximum atomic E-state index is 12.6. The molecule has 0 aliphatic carbocycles. The monoisotopic (exact) mass is 388 g/mol. The maximum Gasteiger partial charge on any atom is 0.259 e. The van der Waals surface area contributed by atoms with Gasteiger partial charge in [0.25, 0.3) is 5.91 Å². The molecule has 1 aliphatic rings. The molecule has 0 fully saturated rings. The highest BCUT2D eigenvalue weighted by atomic mass is 16.5. The topological polar surface area (TPSA) is 87.7 Å². The summed E-state index contributed by atoms with van der Waals surface area (Å²) in [6, 6.07) is 20.8. The minimum atomic E-state index is -0.405. The van der Waals surface area contributed by atoms with Gasteiger partial charge in [0, 0.05) is 6.42 Å². The van der Waals surface area contributed by atoms with Gasteiger partial charge in [-0.3, -0.25) is 14.8 Å². The largest absolute Gasteiger partial charge is 0.454 e. The molecule has 0 unspecified atom stereocenters. The minimum Gasteiger partial charge on any atom is -0.454 e. The van der Waals surface area contributed by atoms with E-state index in [1.807, 2.05) is 54.6 Å². The summed E-state index contributed by atoms with van der Waals surface area (Å²) < 4.78 is 5.99. The van der Waals surface area contributed by atoms with Crippen LogP contribution in [-0.4, -0.2) is 17.0 Å². The van der Waals surface area contributed by atoms with E-state index >= 15 is 0 Å². The zero-order valence-corrected chi connectivity index (χ0v) is 15.6. The number of rotatable bonds is 5. The Labute approximate surface area is 168 Å². The van der Waals surface area contributed by atoms with Crippen LogP contribution in [0.15, 0.2) is 66.7 Å². The first-order chi connectivity index (χ1) is 14.1. The summed E-state index contributed by atoms with van der Waals surface area (Å²) in [5.41, 5.74) is 5.86. The maximum absolute atomic E-state index is 12.6. The van der Waals surface area contributed by atoms with Gasteiger partial charge in [-0.2, -0.15) is 0 Å². The highest BCUT2D eigenvalue weighted by Gasteiger charge is 2.22. The Morgan fingerprint density at radius 3 is 2.45 bits per heavy atom. The van der Waals surface area contributed by atoms with Crippen molar-refractivity contribution < 1.29 is 19.5 Å². The number of hydrogen-bond acceptors (Lipinski definition) is 4. The van der Waals surface area contributed by atoms with Crippen molar-refractivity contribution in [1.82, 2.24) is 5.48 Å². The number of fused-ring (bicyclic) bond motifs is 2. The number of carbonyl (C=O) groups is 2. The fourth-order valence-corrected chi connectivity index (χ4v) is 3.35. The predicted octanol–water partition coefficient (Wildman–Crippen LogP) is 4.07. The summed E-state index contributed by atoms with van der Waals surface area (Å²) >= 11 is 0. The Morgan fingerprint density at radius 1 is 0.931 bits per heavy atom. The second-order valence-corrected chi connectivity index (χ2v) is 6.87. The summed E-state index contributed by atoms with van der Waals surface area (Å²) in [5, 5.41) is 11.6. The zero-order valence-electron chi connectivity index (χ0n) is 15.6. The second-order valence-electron chi connectivity index (χ2n) is 6.87. The molecule has 0 saturated heterocycles. The molecule has 0 bridgehead atoms. The van der Waals surface area contributed by atoms with E-state index in [0.717, 1.165) is 16.7 Å². The molecule has 0 atom stereocenters. The molecule has 29 heavy (non-hydrogen) atoms. The van der Waals surface area contributed by atoms with Crippen LogP contribution in [0.3, 0.4) is 0 Å². The third-order valence-electron chi connectivity index (χ3n) is 4.89. The number of aryl methyl sites for hydroxylation is 1. The summed E-state index contributed by atoms with van der Waals surface area (Å²) in [5.74, 6) is 0.562. The van der Waals surface area contributed by atoms with Crippen LogP contribution in [0, 0.1) is 0 Å². The van der Waals surface area contributed by atoms with Crippen LogP contribution in [0.4, 0.5) is 5.69 Å². The lowest BCUT2D eigenvalue weighted by Crippen LogP contribution is -2.18. The molecule has 0 radical (unpaired) electrons. The van der Waals surface area contributed by atoms with Crippen molar-refractivity contribution in [1.29, 1.82) is 0 Å². The SMILES string of the molecule is O=C(CCc1ccc(Cc2cccc3c2NC(=O)c2ccccc2O3)cc1)NO. The first-order valence-corrected chi connectivity index (χ1v) is 9.35. The molecule has 0 spiro atoms. The van der Waals surface area contributed by atoms with Crippen molar-refractivity contribution in [3.05, 3.63) is 89.0 Å². The van der Waals surface area contributed by atoms with E-state index in [1.54, 1.807) is 17.6 Å². The number of amides is 2. The average Bonchev–Trinajstić information content (AvgIpc) is 2.89. The van der Waals surface area contributed by atoms with E-state index < -0.39 is 5.91 Å². The molecule has 6 heteroatoms. The number of anilines is 1. The quantitative estimate of drug-likeness (QED) is 0.454. The molecule has 6 nitrogen and oxygen atoms in total. The van der Waals surface area contributed by atoms with Gasteiger partial charge in [-0.25, -0.2) is 5.48 Å². The Morgan fingerprint density at radius 2 is 1.66 bits per heavy atom. The minimum absolute atomic E-state index is 0.190. The molecule has 146 valence electrons. The third kappa shape index (κ3) is 4.12. The van der Waals surface area contributed by atoms with Crippen molar-refractivity contribution >= 4 is 17.5 Å². The number of benzene rings is 3. The molecule has 1 aliphatic heterocycles. The molecule has 2 amide bonds. The Hall–Kier alpha value is -3.64. The van der Waals surface area contributed by atoms with Gasteiger partial charge in [0.1, 0.15) is 5.75 Å².